The van der Waals surface area contributed by atoms with E-state index in [-0.39, 0.29) is 6.10 Å². The minimum absolute atomic E-state index is 0.144. The summed E-state index contributed by atoms with van der Waals surface area (Å²) in [6.45, 7) is 5.89. The lowest BCUT2D eigenvalue weighted by atomic mass is 10.3. The summed E-state index contributed by atoms with van der Waals surface area (Å²) in [4.78, 5) is 2.11. The van der Waals surface area contributed by atoms with E-state index >= 15 is 0 Å². The topological polar surface area (TPSA) is 23.5 Å². The van der Waals surface area contributed by atoms with Gasteiger partial charge in [0.05, 0.1) is 6.10 Å². The van der Waals surface area contributed by atoms with Crippen molar-refractivity contribution in [3.05, 3.63) is 0 Å². The van der Waals surface area contributed by atoms with Crippen molar-refractivity contribution in [2.24, 2.45) is 0 Å². The van der Waals surface area contributed by atoms with Crippen LogP contribution in [-0.4, -0.2) is 36.2 Å². The average molecular weight is 131 g/mol. The van der Waals surface area contributed by atoms with Crippen molar-refractivity contribution >= 4 is 0 Å². The van der Waals surface area contributed by atoms with Gasteiger partial charge in [-0.25, -0.2) is 0 Å². The Kier molecular flexibility index (Phi) is 4.72. The van der Waals surface area contributed by atoms with Gasteiger partial charge in [0.2, 0.25) is 0 Å². The minimum atomic E-state index is -0.144. The first-order valence-corrected chi connectivity index (χ1v) is 3.57. The zero-order chi connectivity index (χ0) is 7.28. The molecule has 0 unspecified atom stereocenters. The summed E-state index contributed by atoms with van der Waals surface area (Å²) >= 11 is 0. The van der Waals surface area contributed by atoms with E-state index in [1.807, 2.05) is 14.0 Å². The zero-order valence-corrected chi connectivity index (χ0v) is 6.59. The van der Waals surface area contributed by atoms with Gasteiger partial charge in [-0.15, -0.1) is 0 Å². The van der Waals surface area contributed by atoms with Gasteiger partial charge in [0.15, 0.2) is 0 Å². The Morgan fingerprint density at radius 1 is 1.44 bits per heavy atom. The van der Waals surface area contributed by atoms with Gasteiger partial charge in [0.1, 0.15) is 0 Å². The number of aliphatic hydroxyl groups excluding tert-OH is 1. The predicted octanol–water partition coefficient (Wildman–Crippen LogP) is 0.709. The van der Waals surface area contributed by atoms with E-state index in [4.69, 9.17) is 5.11 Å². The first-order valence-electron chi connectivity index (χ1n) is 3.57. The van der Waals surface area contributed by atoms with E-state index < -0.39 is 0 Å². The molecule has 0 fully saturated rings. The molecule has 0 heterocycles. The van der Waals surface area contributed by atoms with Crippen LogP contribution in [0.5, 0.6) is 0 Å². The molecule has 0 radical (unpaired) electrons. The Balaban J connectivity index is 3.22. The zero-order valence-electron chi connectivity index (χ0n) is 6.59. The maximum absolute atomic E-state index is 9.12. The van der Waals surface area contributed by atoms with Crippen molar-refractivity contribution in [1.29, 1.82) is 0 Å². The van der Waals surface area contributed by atoms with E-state index in [9.17, 15) is 0 Å². The van der Waals surface area contributed by atoms with Crippen molar-refractivity contribution in [3.63, 3.8) is 0 Å². The van der Waals surface area contributed by atoms with Crippen LogP contribution in [0.25, 0.3) is 0 Å². The van der Waals surface area contributed by atoms with Gasteiger partial charge in [-0.2, -0.15) is 0 Å². The van der Waals surface area contributed by atoms with E-state index in [1.165, 1.54) is 0 Å². The number of rotatable bonds is 4. The van der Waals surface area contributed by atoms with Crippen LogP contribution in [0.2, 0.25) is 0 Å². The molecule has 0 saturated heterocycles. The first-order chi connectivity index (χ1) is 4.20. The quantitative estimate of drug-likeness (QED) is 0.607. The lowest BCUT2D eigenvalue weighted by molar-refractivity contribution is 0.125. The standard InChI is InChI=1S/C7H17NO/c1-4-7(9)6-8(3)5-2/h7,9H,4-6H2,1-3H3/t7-/m0/s1. The monoisotopic (exact) mass is 131 g/mol. The molecule has 1 N–H and O–H groups in total. The second-order valence-electron chi connectivity index (χ2n) is 2.42. The summed E-state index contributed by atoms with van der Waals surface area (Å²) in [5.41, 5.74) is 0. The minimum Gasteiger partial charge on any atom is -0.392 e. The molecule has 0 aliphatic heterocycles. The van der Waals surface area contributed by atoms with Crippen LogP contribution in [0.1, 0.15) is 20.3 Å². The summed E-state index contributed by atoms with van der Waals surface area (Å²) in [5, 5.41) is 9.12. The number of likely N-dealkylation sites (N-methyl/N-ethyl adjacent to an activating group) is 1. The Hall–Kier alpha value is -0.0800. The molecular weight excluding hydrogens is 114 g/mol. The predicted molar refractivity (Wildman–Crippen MR) is 39.5 cm³/mol. The largest absolute Gasteiger partial charge is 0.392 e. The molecule has 0 aromatic carbocycles. The molecule has 0 aliphatic carbocycles. The molecule has 0 aliphatic rings. The molecule has 2 heteroatoms. The van der Waals surface area contributed by atoms with Crippen LogP contribution in [0.15, 0.2) is 0 Å². The van der Waals surface area contributed by atoms with Gasteiger partial charge in [-0.3, -0.25) is 0 Å². The van der Waals surface area contributed by atoms with E-state index in [0.29, 0.717) is 0 Å². The van der Waals surface area contributed by atoms with Crippen molar-refractivity contribution in [3.8, 4) is 0 Å². The molecule has 0 spiro atoms. The third kappa shape index (κ3) is 4.43. The smallest absolute Gasteiger partial charge is 0.0664 e. The summed E-state index contributed by atoms with van der Waals surface area (Å²) in [5.74, 6) is 0. The highest BCUT2D eigenvalue weighted by Gasteiger charge is 2.01. The molecule has 0 bridgehead atoms. The summed E-state index contributed by atoms with van der Waals surface area (Å²) in [6.07, 6.45) is 0.708. The number of hydrogen-bond acceptors (Lipinski definition) is 2. The molecular formula is C7H17NO. The summed E-state index contributed by atoms with van der Waals surface area (Å²) < 4.78 is 0. The van der Waals surface area contributed by atoms with Crippen LogP contribution < -0.4 is 0 Å². The van der Waals surface area contributed by atoms with E-state index in [0.717, 1.165) is 19.5 Å². The highest BCUT2D eigenvalue weighted by molar-refractivity contribution is 4.56. The second-order valence-corrected chi connectivity index (χ2v) is 2.42. The fraction of sp³-hybridized carbons (Fsp3) is 1.00. The van der Waals surface area contributed by atoms with Crippen LogP contribution in [0.3, 0.4) is 0 Å². The fourth-order valence-electron chi connectivity index (χ4n) is 0.618. The molecule has 0 rings (SSSR count). The highest BCUT2D eigenvalue weighted by Crippen LogP contribution is 1.91. The normalized spacial score (nSPS) is 14.3. The van der Waals surface area contributed by atoms with Crippen LogP contribution >= 0.6 is 0 Å². The van der Waals surface area contributed by atoms with Crippen molar-refractivity contribution < 1.29 is 5.11 Å². The Morgan fingerprint density at radius 2 is 2.00 bits per heavy atom. The molecule has 1 atom stereocenters. The Morgan fingerprint density at radius 3 is 2.33 bits per heavy atom. The average Bonchev–Trinajstić information content (AvgIpc) is 1.87. The van der Waals surface area contributed by atoms with Crippen molar-refractivity contribution in [2.75, 3.05) is 20.1 Å². The molecule has 0 amide bonds. The summed E-state index contributed by atoms with van der Waals surface area (Å²) in [6, 6.07) is 0. The maximum Gasteiger partial charge on any atom is 0.0664 e. The highest BCUT2D eigenvalue weighted by atomic mass is 16.3. The van der Waals surface area contributed by atoms with Crippen LogP contribution in [0, 0.1) is 0 Å². The van der Waals surface area contributed by atoms with E-state index in [1.54, 1.807) is 0 Å². The maximum atomic E-state index is 9.12. The number of nitrogens with zero attached hydrogens (tertiary/aromatic N) is 1. The molecule has 56 valence electrons. The van der Waals surface area contributed by atoms with Crippen LogP contribution in [-0.2, 0) is 0 Å². The van der Waals surface area contributed by atoms with Crippen LogP contribution in [0.4, 0.5) is 0 Å². The molecule has 0 saturated carbocycles. The number of aliphatic hydroxyl groups is 1. The molecule has 2 nitrogen and oxygen atoms in total. The molecule has 0 aromatic rings. The van der Waals surface area contributed by atoms with Gasteiger partial charge in [-0.05, 0) is 20.0 Å². The fourth-order valence-corrected chi connectivity index (χ4v) is 0.618. The van der Waals surface area contributed by atoms with Gasteiger partial charge in [0.25, 0.3) is 0 Å². The second kappa shape index (κ2) is 4.77. The Labute approximate surface area is 57.5 Å². The van der Waals surface area contributed by atoms with Gasteiger partial charge in [-0.1, -0.05) is 13.8 Å². The third-order valence-electron chi connectivity index (χ3n) is 1.53. The lowest BCUT2D eigenvalue weighted by Gasteiger charge is -2.16. The van der Waals surface area contributed by atoms with Crippen molar-refractivity contribution in [2.45, 2.75) is 26.4 Å². The number of hydrogen-bond donors (Lipinski definition) is 1. The SMILES string of the molecule is CC[C@H](O)CN(C)CC. The van der Waals surface area contributed by atoms with E-state index in [2.05, 4.69) is 11.8 Å². The molecule has 9 heavy (non-hydrogen) atoms. The Bertz CT molecular complexity index is 57.9. The first kappa shape index (κ1) is 8.92. The van der Waals surface area contributed by atoms with Gasteiger partial charge < -0.3 is 10.0 Å². The third-order valence-corrected chi connectivity index (χ3v) is 1.53. The van der Waals surface area contributed by atoms with Crippen molar-refractivity contribution in [1.82, 2.24) is 4.90 Å². The van der Waals surface area contributed by atoms with Gasteiger partial charge >= 0.3 is 0 Å². The summed E-state index contributed by atoms with van der Waals surface area (Å²) in [7, 11) is 2.01. The van der Waals surface area contributed by atoms with Gasteiger partial charge in [0, 0.05) is 6.54 Å². The molecule has 0 aromatic heterocycles. The lowest BCUT2D eigenvalue weighted by Crippen LogP contribution is -2.28.